The van der Waals surface area contributed by atoms with Crippen LogP contribution in [0.15, 0.2) is 24.3 Å². The zero-order valence-electron chi connectivity index (χ0n) is 23.6. The predicted molar refractivity (Wildman–Crippen MR) is 159 cm³/mol. The van der Waals surface area contributed by atoms with Crippen LogP contribution in [0.4, 0.5) is 22.7 Å². The van der Waals surface area contributed by atoms with E-state index in [-0.39, 0.29) is 0 Å². The summed E-state index contributed by atoms with van der Waals surface area (Å²) < 4.78 is 0. The molecule has 0 N–H and O–H groups in total. The van der Waals surface area contributed by atoms with Gasteiger partial charge in [0.1, 0.15) is 0 Å². The van der Waals surface area contributed by atoms with Gasteiger partial charge in [0.05, 0.1) is 22.7 Å². The van der Waals surface area contributed by atoms with Crippen LogP contribution in [-0.4, -0.2) is 50.3 Å². The molecule has 2 aromatic rings. The first kappa shape index (κ1) is 23.7. The first-order valence-electron chi connectivity index (χ1n) is 15.4. The van der Waals surface area contributed by atoms with Crippen LogP contribution in [0.1, 0.15) is 90.2 Å². The van der Waals surface area contributed by atoms with Crippen molar-refractivity contribution in [2.24, 2.45) is 0 Å². The lowest BCUT2D eigenvalue weighted by Gasteiger charge is -2.42. The highest BCUT2D eigenvalue weighted by Crippen LogP contribution is 2.60. The highest BCUT2D eigenvalue weighted by Gasteiger charge is 2.42. The van der Waals surface area contributed by atoms with Crippen LogP contribution in [0.25, 0.3) is 11.1 Å². The first-order chi connectivity index (χ1) is 18.0. The lowest BCUT2D eigenvalue weighted by atomic mass is 9.94. The number of benzene rings is 2. The molecular weight excluding hydrogens is 452 g/mol. The summed E-state index contributed by atoms with van der Waals surface area (Å²) in [6.07, 6.45) is 11.6. The van der Waals surface area contributed by atoms with Gasteiger partial charge in [-0.3, -0.25) is 0 Å². The largest absolute Gasteiger partial charge is 0.367 e. The SMILES string of the molecule is CC1CCCN1c1c2c(c(N3CCCC3C)c(N3CCCC3C)c1N1CCCC1C)-c1ccccc1C2. The van der Waals surface area contributed by atoms with E-state index in [9.17, 15) is 0 Å². The normalized spacial score (nSPS) is 29.1. The molecule has 4 heteroatoms. The predicted octanol–water partition coefficient (Wildman–Crippen LogP) is 7.21. The number of fused-ring (bicyclic) bond motifs is 3. The summed E-state index contributed by atoms with van der Waals surface area (Å²) in [5.74, 6) is 0. The van der Waals surface area contributed by atoms with E-state index >= 15 is 0 Å². The Morgan fingerprint density at radius 2 is 0.973 bits per heavy atom. The molecule has 4 unspecified atom stereocenters. The molecule has 4 saturated heterocycles. The fourth-order valence-corrected chi connectivity index (χ4v) is 8.51. The van der Waals surface area contributed by atoms with Crippen molar-refractivity contribution in [3.8, 4) is 11.1 Å². The van der Waals surface area contributed by atoms with Crippen LogP contribution in [0.2, 0.25) is 0 Å². The summed E-state index contributed by atoms with van der Waals surface area (Å²) >= 11 is 0. The van der Waals surface area contributed by atoms with Gasteiger partial charge >= 0.3 is 0 Å². The third-order valence-electron chi connectivity index (χ3n) is 10.5. The maximum absolute atomic E-state index is 2.86. The second kappa shape index (κ2) is 9.13. The van der Waals surface area contributed by atoms with Crippen molar-refractivity contribution in [3.05, 3.63) is 35.4 Å². The van der Waals surface area contributed by atoms with Crippen molar-refractivity contribution in [1.82, 2.24) is 0 Å². The highest BCUT2D eigenvalue weighted by atomic mass is 15.3. The van der Waals surface area contributed by atoms with E-state index in [4.69, 9.17) is 0 Å². The van der Waals surface area contributed by atoms with Crippen molar-refractivity contribution >= 4 is 22.7 Å². The number of hydrogen-bond donors (Lipinski definition) is 0. The summed E-state index contributed by atoms with van der Waals surface area (Å²) in [7, 11) is 0. The number of rotatable bonds is 4. The molecular formula is C33H46N4. The minimum Gasteiger partial charge on any atom is -0.367 e. The molecule has 5 aliphatic rings. The number of nitrogens with zero attached hydrogens (tertiary/aromatic N) is 4. The molecule has 198 valence electrons. The van der Waals surface area contributed by atoms with Gasteiger partial charge in [-0.05, 0) is 95.8 Å². The van der Waals surface area contributed by atoms with Crippen LogP contribution in [0, 0.1) is 0 Å². The van der Waals surface area contributed by atoms with Gasteiger partial charge in [0.25, 0.3) is 0 Å². The zero-order valence-corrected chi connectivity index (χ0v) is 23.6. The minimum atomic E-state index is 0.604. The molecule has 7 rings (SSSR count). The molecule has 4 heterocycles. The molecule has 0 spiro atoms. The van der Waals surface area contributed by atoms with E-state index in [0.29, 0.717) is 24.2 Å². The van der Waals surface area contributed by atoms with Crippen molar-refractivity contribution in [1.29, 1.82) is 0 Å². The van der Waals surface area contributed by atoms with Gasteiger partial charge in [-0.25, -0.2) is 0 Å². The number of anilines is 4. The number of hydrogen-bond acceptors (Lipinski definition) is 4. The van der Waals surface area contributed by atoms with Crippen molar-refractivity contribution in [2.75, 3.05) is 45.8 Å². The van der Waals surface area contributed by atoms with Gasteiger partial charge in [-0.2, -0.15) is 0 Å². The van der Waals surface area contributed by atoms with Crippen molar-refractivity contribution < 1.29 is 0 Å². The van der Waals surface area contributed by atoms with Crippen LogP contribution in [0.5, 0.6) is 0 Å². The van der Waals surface area contributed by atoms with E-state index < -0.39 is 0 Å². The molecule has 4 nitrogen and oxygen atoms in total. The molecule has 2 aromatic carbocycles. The Morgan fingerprint density at radius 1 is 0.541 bits per heavy atom. The fraction of sp³-hybridized carbons (Fsp3) is 0.636. The van der Waals surface area contributed by atoms with Crippen LogP contribution in [-0.2, 0) is 6.42 Å². The second-order valence-corrected chi connectivity index (χ2v) is 12.8. The second-order valence-electron chi connectivity index (χ2n) is 12.8. The lowest BCUT2D eigenvalue weighted by Crippen LogP contribution is -2.38. The molecule has 0 saturated carbocycles. The standard InChI is InChI=1S/C33H46N4/c1-22-11-7-17-34(22)30-28-21-26-15-5-6-16-27(26)29(28)31(35-18-8-12-23(35)2)33(37-20-10-14-25(37)4)32(30)36-19-9-13-24(36)3/h5-6,15-16,22-25H,7-14,17-21H2,1-4H3. The summed E-state index contributed by atoms with van der Waals surface area (Å²) in [4.78, 5) is 11.4. The van der Waals surface area contributed by atoms with Gasteiger partial charge < -0.3 is 19.6 Å². The van der Waals surface area contributed by atoms with Crippen molar-refractivity contribution in [2.45, 2.75) is 110 Å². The highest BCUT2D eigenvalue weighted by molar-refractivity contribution is 6.07. The first-order valence-corrected chi connectivity index (χ1v) is 15.4. The van der Waals surface area contributed by atoms with Gasteiger partial charge in [0.2, 0.25) is 0 Å². The molecule has 0 amide bonds. The monoisotopic (exact) mass is 498 g/mol. The van der Waals surface area contributed by atoms with E-state index in [2.05, 4.69) is 71.6 Å². The van der Waals surface area contributed by atoms with E-state index in [1.165, 1.54) is 88.7 Å². The van der Waals surface area contributed by atoms with E-state index in [1.54, 1.807) is 33.9 Å². The maximum atomic E-state index is 2.86. The van der Waals surface area contributed by atoms with Crippen LogP contribution in [0.3, 0.4) is 0 Å². The Morgan fingerprint density at radius 3 is 1.46 bits per heavy atom. The molecule has 0 radical (unpaired) electrons. The smallest absolute Gasteiger partial charge is 0.0872 e. The molecule has 4 aliphatic heterocycles. The van der Waals surface area contributed by atoms with E-state index in [0.717, 1.165) is 6.42 Å². The Kier molecular flexibility index (Phi) is 5.86. The average Bonchev–Trinajstić information content (AvgIpc) is 3.71. The fourth-order valence-electron chi connectivity index (χ4n) is 8.51. The minimum absolute atomic E-state index is 0.604. The summed E-state index contributed by atoms with van der Waals surface area (Å²) in [5, 5.41) is 0. The third kappa shape index (κ3) is 3.61. The Bertz CT molecular complexity index is 1190. The molecule has 4 fully saturated rings. The van der Waals surface area contributed by atoms with Gasteiger partial charge in [0.15, 0.2) is 0 Å². The molecule has 4 atom stereocenters. The topological polar surface area (TPSA) is 13.0 Å². The zero-order chi connectivity index (χ0) is 25.3. The van der Waals surface area contributed by atoms with Crippen molar-refractivity contribution in [3.63, 3.8) is 0 Å². The van der Waals surface area contributed by atoms with Gasteiger partial charge in [-0.15, -0.1) is 0 Å². The van der Waals surface area contributed by atoms with Crippen LogP contribution < -0.4 is 19.6 Å². The molecule has 37 heavy (non-hydrogen) atoms. The lowest BCUT2D eigenvalue weighted by molar-refractivity contribution is 0.700. The molecule has 0 bridgehead atoms. The van der Waals surface area contributed by atoms with Gasteiger partial charge in [-0.1, -0.05) is 24.3 Å². The summed E-state index contributed by atoms with van der Waals surface area (Å²) in [6, 6.07) is 11.8. The molecule has 0 aromatic heterocycles. The van der Waals surface area contributed by atoms with E-state index in [1.807, 2.05) is 0 Å². The van der Waals surface area contributed by atoms with Crippen LogP contribution >= 0.6 is 0 Å². The summed E-state index contributed by atoms with van der Waals surface area (Å²) in [5.41, 5.74) is 12.7. The quantitative estimate of drug-likeness (QED) is 0.377. The Balaban J connectivity index is 1.60. The Labute approximate surface area is 224 Å². The maximum Gasteiger partial charge on any atom is 0.0872 e. The summed E-state index contributed by atoms with van der Waals surface area (Å²) in [6.45, 7) is 14.7. The molecule has 1 aliphatic carbocycles. The Hall–Kier alpha value is -2.36. The third-order valence-corrected chi connectivity index (χ3v) is 10.5. The average molecular weight is 499 g/mol. The van der Waals surface area contributed by atoms with Gasteiger partial charge in [0, 0.05) is 62.3 Å².